The third-order valence-electron chi connectivity index (χ3n) is 4.44. The van der Waals surface area contributed by atoms with E-state index in [0.29, 0.717) is 10.6 Å². The molecule has 1 aliphatic carbocycles. The lowest BCUT2D eigenvalue weighted by Crippen LogP contribution is -2.42. The zero-order chi connectivity index (χ0) is 17.1. The van der Waals surface area contributed by atoms with Gasteiger partial charge in [0.1, 0.15) is 6.54 Å². The SMILES string of the molecule is COC1CCCC1NC(=O)Cn1c(-c2cccc(C)c2)n[nH]c1=S. The number of carbonyl (C=O) groups excluding carboxylic acids is 1. The molecule has 0 radical (unpaired) electrons. The molecule has 6 nitrogen and oxygen atoms in total. The van der Waals surface area contributed by atoms with Crippen LogP contribution >= 0.6 is 12.2 Å². The Morgan fingerprint density at radius 1 is 1.50 bits per heavy atom. The van der Waals surface area contributed by atoms with E-state index >= 15 is 0 Å². The van der Waals surface area contributed by atoms with E-state index in [0.717, 1.165) is 30.4 Å². The van der Waals surface area contributed by atoms with E-state index in [1.807, 2.05) is 31.2 Å². The Bertz CT molecular complexity index is 783. The summed E-state index contributed by atoms with van der Waals surface area (Å²) in [5, 5.41) is 10.1. The number of nitrogens with zero attached hydrogens (tertiary/aromatic N) is 2. The Labute approximate surface area is 146 Å². The maximum Gasteiger partial charge on any atom is 0.240 e. The number of aryl methyl sites for hydroxylation is 1. The van der Waals surface area contributed by atoms with Crippen molar-refractivity contribution < 1.29 is 9.53 Å². The molecule has 24 heavy (non-hydrogen) atoms. The highest BCUT2D eigenvalue weighted by molar-refractivity contribution is 7.71. The monoisotopic (exact) mass is 346 g/mol. The first-order valence-electron chi connectivity index (χ1n) is 8.13. The molecular weight excluding hydrogens is 324 g/mol. The molecule has 1 fully saturated rings. The second-order valence-corrected chi connectivity index (χ2v) is 6.57. The smallest absolute Gasteiger partial charge is 0.240 e. The summed E-state index contributed by atoms with van der Waals surface area (Å²) in [5.41, 5.74) is 2.07. The Balaban J connectivity index is 1.77. The molecular formula is C17H22N4O2S. The number of ether oxygens (including phenoxy) is 1. The van der Waals surface area contributed by atoms with Gasteiger partial charge in [0.2, 0.25) is 5.91 Å². The summed E-state index contributed by atoms with van der Waals surface area (Å²) < 4.78 is 7.60. The zero-order valence-corrected chi connectivity index (χ0v) is 14.7. The molecule has 1 aromatic heterocycles. The van der Waals surface area contributed by atoms with E-state index < -0.39 is 0 Å². The Hall–Kier alpha value is -1.99. The van der Waals surface area contributed by atoms with Gasteiger partial charge in [0.05, 0.1) is 12.1 Å². The highest BCUT2D eigenvalue weighted by Gasteiger charge is 2.28. The third-order valence-corrected chi connectivity index (χ3v) is 4.75. The van der Waals surface area contributed by atoms with Gasteiger partial charge in [0.25, 0.3) is 0 Å². The number of amides is 1. The predicted octanol–water partition coefficient (Wildman–Crippen LogP) is 2.60. The molecule has 0 bridgehead atoms. The average molecular weight is 346 g/mol. The summed E-state index contributed by atoms with van der Waals surface area (Å²) in [4.78, 5) is 12.5. The molecule has 2 unspecified atom stereocenters. The molecule has 3 rings (SSSR count). The lowest BCUT2D eigenvalue weighted by Gasteiger charge is -2.19. The van der Waals surface area contributed by atoms with Crippen LogP contribution in [0.1, 0.15) is 24.8 Å². The van der Waals surface area contributed by atoms with Crippen LogP contribution in [0.2, 0.25) is 0 Å². The van der Waals surface area contributed by atoms with Crippen molar-refractivity contribution in [1.82, 2.24) is 20.1 Å². The van der Waals surface area contributed by atoms with Crippen molar-refractivity contribution in [2.45, 2.75) is 44.9 Å². The minimum Gasteiger partial charge on any atom is -0.379 e. The van der Waals surface area contributed by atoms with E-state index in [4.69, 9.17) is 17.0 Å². The third kappa shape index (κ3) is 3.57. The first-order valence-corrected chi connectivity index (χ1v) is 8.53. The maximum atomic E-state index is 12.5. The second-order valence-electron chi connectivity index (χ2n) is 6.19. The summed E-state index contributed by atoms with van der Waals surface area (Å²) in [6.45, 7) is 2.17. The molecule has 1 heterocycles. The quantitative estimate of drug-likeness (QED) is 0.817. The highest BCUT2D eigenvalue weighted by atomic mass is 32.1. The van der Waals surface area contributed by atoms with E-state index in [1.165, 1.54) is 0 Å². The molecule has 1 amide bonds. The van der Waals surface area contributed by atoms with Crippen LogP contribution in [0.25, 0.3) is 11.4 Å². The molecule has 7 heteroatoms. The number of aromatic amines is 1. The molecule has 2 N–H and O–H groups in total. The van der Waals surface area contributed by atoms with Crippen molar-refractivity contribution in [3.63, 3.8) is 0 Å². The van der Waals surface area contributed by atoms with Crippen molar-refractivity contribution >= 4 is 18.1 Å². The number of carbonyl (C=O) groups is 1. The number of H-pyrrole nitrogens is 1. The van der Waals surface area contributed by atoms with E-state index in [2.05, 4.69) is 15.5 Å². The van der Waals surface area contributed by atoms with E-state index in [-0.39, 0.29) is 24.6 Å². The minimum atomic E-state index is -0.0737. The Morgan fingerprint density at radius 2 is 2.33 bits per heavy atom. The highest BCUT2D eigenvalue weighted by Crippen LogP contribution is 2.22. The van der Waals surface area contributed by atoms with Crippen molar-refractivity contribution in [3.8, 4) is 11.4 Å². The van der Waals surface area contributed by atoms with Crippen LogP contribution in [0.5, 0.6) is 0 Å². The van der Waals surface area contributed by atoms with Gasteiger partial charge in [-0.2, -0.15) is 5.10 Å². The summed E-state index contributed by atoms with van der Waals surface area (Å²) in [7, 11) is 1.69. The Kier molecular flexibility index (Phi) is 5.11. The van der Waals surface area contributed by atoms with Gasteiger partial charge in [0, 0.05) is 12.7 Å². The van der Waals surface area contributed by atoms with Gasteiger partial charge in [-0.05, 0) is 44.5 Å². The van der Waals surface area contributed by atoms with Gasteiger partial charge in [0.15, 0.2) is 10.6 Å². The Morgan fingerprint density at radius 3 is 3.08 bits per heavy atom. The number of aromatic nitrogens is 3. The maximum absolute atomic E-state index is 12.5. The van der Waals surface area contributed by atoms with Gasteiger partial charge >= 0.3 is 0 Å². The van der Waals surface area contributed by atoms with Gasteiger partial charge in [-0.1, -0.05) is 23.8 Å². The normalized spacial score (nSPS) is 20.2. The van der Waals surface area contributed by atoms with E-state index in [1.54, 1.807) is 11.7 Å². The van der Waals surface area contributed by atoms with Crippen molar-refractivity contribution in [2.24, 2.45) is 0 Å². The van der Waals surface area contributed by atoms with Crippen molar-refractivity contribution in [3.05, 3.63) is 34.6 Å². The van der Waals surface area contributed by atoms with Crippen LogP contribution in [0.4, 0.5) is 0 Å². The number of benzene rings is 1. The van der Waals surface area contributed by atoms with Crippen LogP contribution < -0.4 is 5.32 Å². The van der Waals surface area contributed by atoms with Crippen molar-refractivity contribution in [1.29, 1.82) is 0 Å². The summed E-state index contributed by atoms with van der Waals surface area (Å²) in [6.07, 6.45) is 3.11. The van der Waals surface area contributed by atoms with Gasteiger partial charge in [-0.3, -0.25) is 14.5 Å². The number of nitrogens with one attached hydrogen (secondary N) is 2. The lowest BCUT2D eigenvalue weighted by atomic mass is 10.1. The van der Waals surface area contributed by atoms with Crippen LogP contribution in [0.3, 0.4) is 0 Å². The molecule has 1 saturated carbocycles. The minimum absolute atomic E-state index is 0.0737. The number of hydrogen-bond acceptors (Lipinski definition) is 4. The lowest BCUT2D eigenvalue weighted by molar-refractivity contribution is -0.123. The zero-order valence-electron chi connectivity index (χ0n) is 13.9. The van der Waals surface area contributed by atoms with Crippen LogP contribution in [-0.4, -0.2) is 39.9 Å². The van der Waals surface area contributed by atoms with Crippen molar-refractivity contribution in [2.75, 3.05) is 7.11 Å². The van der Waals surface area contributed by atoms with Gasteiger partial charge in [-0.25, -0.2) is 0 Å². The number of rotatable bonds is 5. The summed E-state index contributed by atoms with van der Waals surface area (Å²) in [5.74, 6) is 0.601. The molecule has 2 aromatic rings. The molecule has 1 aliphatic rings. The fraction of sp³-hybridized carbons (Fsp3) is 0.471. The second kappa shape index (κ2) is 7.27. The molecule has 0 aliphatic heterocycles. The first kappa shape index (κ1) is 16.9. The fourth-order valence-electron chi connectivity index (χ4n) is 3.24. The first-order chi connectivity index (χ1) is 11.6. The van der Waals surface area contributed by atoms with Gasteiger partial charge in [-0.15, -0.1) is 0 Å². The fourth-order valence-corrected chi connectivity index (χ4v) is 3.43. The topological polar surface area (TPSA) is 71.9 Å². The molecule has 2 atom stereocenters. The summed E-state index contributed by atoms with van der Waals surface area (Å²) >= 11 is 5.29. The predicted molar refractivity (Wildman–Crippen MR) is 94.2 cm³/mol. The molecule has 0 spiro atoms. The van der Waals surface area contributed by atoms with E-state index in [9.17, 15) is 4.79 Å². The van der Waals surface area contributed by atoms with Crippen LogP contribution in [0, 0.1) is 11.7 Å². The molecule has 0 saturated heterocycles. The molecule has 1 aromatic carbocycles. The average Bonchev–Trinajstić information content (AvgIpc) is 3.14. The largest absolute Gasteiger partial charge is 0.379 e. The number of hydrogen-bond donors (Lipinski definition) is 2. The standard InChI is InChI=1S/C17H22N4O2S/c1-11-5-3-6-12(9-11)16-19-20-17(24)21(16)10-15(22)18-13-7-4-8-14(13)23-2/h3,5-6,9,13-14H,4,7-8,10H2,1-2H3,(H,18,22)(H,20,24). The molecule has 128 valence electrons. The number of methoxy groups -OCH3 is 1. The summed E-state index contributed by atoms with van der Waals surface area (Å²) in [6, 6.07) is 8.05. The van der Waals surface area contributed by atoms with Gasteiger partial charge < -0.3 is 10.1 Å². The van der Waals surface area contributed by atoms with Crippen LogP contribution in [-0.2, 0) is 16.1 Å². The van der Waals surface area contributed by atoms with Crippen LogP contribution in [0.15, 0.2) is 24.3 Å².